The highest BCUT2D eigenvalue weighted by atomic mass is 16.6. The minimum absolute atomic E-state index is 0.237. The van der Waals surface area contributed by atoms with Gasteiger partial charge in [-0.15, -0.1) is 0 Å². The molecule has 1 aromatic carbocycles. The summed E-state index contributed by atoms with van der Waals surface area (Å²) in [6, 6.07) is 5.81. The maximum atomic E-state index is 12.1. The molecule has 130 valence electrons. The molecule has 0 radical (unpaired) electrons. The van der Waals surface area contributed by atoms with Crippen LogP contribution >= 0.6 is 0 Å². The number of amides is 3. The zero-order valence-electron chi connectivity index (χ0n) is 13.9. The van der Waals surface area contributed by atoms with E-state index in [0.717, 1.165) is 36.4 Å². The number of hydrogen-bond donors (Lipinski definition) is 3. The first-order chi connectivity index (χ1) is 11.7. The fourth-order valence-corrected chi connectivity index (χ4v) is 3.38. The smallest absolute Gasteiger partial charge is 0.321 e. The molecule has 1 aromatic rings. The molecule has 7 nitrogen and oxygen atoms in total. The molecule has 1 saturated heterocycles. The van der Waals surface area contributed by atoms with E-state index in [2.05, 4.69) is 10.6 Å². The number of imide groups is 1. The van der Waals surface area contributed by atoms with Crippen LogP contribution in [0, 0.1) is 0 Å². The third-order valence-corrected chi connectivity index (χ3v) is 4.43. The third kappa shape index (κ3) is 3.79. The van der Waals surface area contributed by atoms with Gasteiger partial charge < -0.3 is 19.7 Å². The van der Waals surface area contributed by atoms with Crippen molar-refractivity contribution in [2.24, 2.45) is 0 Å². The Hall–Kier alpha value is -2.28. The van der Waals surface area contributed by atoms with Gasteiger partial charge in [0, 0.05) is 24.9 Å². The zero-order chi connectivity index (χ0) is 16.9. The number of ether oxygens (including phenoxy) is 2. The van der Waals surface area contributed by atoms with E-state index < -0.39 is 6.03 Å². The molecule has 2 heterocycles. The molecule has 2 aliphatic heterocycles. The second-order valence-corrected chi connectivity index (χ2v) is 6.09. The molecule has 7 heteroatoms. The Labute approximate surface area is 141 Å². The summed E-state index contributed by atoms with van der Waals surface area (Å²) in [5.74, 6) is 1.30. The normalized spacial score (nSPS) is 22.0. The lowest BCUT2D eigenvalue weighted by Crippen LogP contribution is -3.11. The topological polar surface area (TPSA) is 81.1 Å². The van der Waals surface area contributed by atoms with Gasteiger partial charge in [0.25, 0.3) is 5.91 Å². The van der Waals surface area contributed by atoms with Crippen molar-refractivity contribution in [1.82, 2.24) is 10.6 Å². The van der Waals surface area contributed by atoms with E-state index in [1.54, 1.807) is 0 Å². The quantitative estimate of drug-likeness (QED) is 0.725. The maximum absolute atomic E-state index is 12.1. The third-order valence-electron chi connectivity index (χ3n) is 4.43. The van der Waals surface area contributed by atoms with Crippen LogP contribution in [0.3, 0.4) is 0 Å². The number of quaternary nitrogens is 1. The Balaban J connectivity index is 1.65. The van der Waals surface area contributed by atoms with Gasteiger partial charge in [-0.3, -0.25) is 10.1 Å². The lowest BCUT2D eigenvalue weighted by molar-refractivity contribution is -0.910. The SMILES string of the molecule is CCNC(=O)NC(=O)C[NH+]1CCC[C@@H]1c1ccc2c(c1)OCCO2. The molecule has 2 atom stereocenters. The first kappa shape index (κ1) is 16.6. The first-order valence-corrected chi connectivity index (χ1v) is 8.49. The standard InChI is InChI=1S/C17H23N3O4/c1-2-18-17(22)19-16(21)11-20-7-3-4-13(20)12-5-6-14-15(10-12)24-9-8-23-14/h5-6,10,13H,2-4,7-9,11H2,1H3,(H2,18,19,21,22)/p+1/t13-/m1/s1. The zero-order valence-corrected chi connectivity index (χ0v) is 13.9. The number of hydrogen-bond acceptors (Lipinski definition) is 4. The molecule has 0 aliphatic carbocycles. The van der Waals surface area contributed by atoms with E-state index in [-0.39, 0.29) is 18.5 Å². The fraction of sp³-hybridized carbons (Fsp3) is 0.529. The minimum Gasteiger partial charge on any atom is -0.486 e. The van der Waals surface area contributed by atoms with Crippen molar-refractivity contribution in [2.45, 2.75) is 25.8 Å². The molecule has 1 unspecified atom stereocenters. The summed E-state index contributed by atoms with van der Waals surface area (Å²) in [6.45, 7) is 4.65. The number of rotatable bonds is 4. The number of carbonyl (C=O) groups excluding carboxylic acids is 2. The molecule has 0 bridgehead atoms. The van der Waals surface area contributed by atoms with Crippen LogP contribution in [0.4, 0.5) is 4.79 Å². The van der Waals surface area contributed by atoms with Crippen LogP contribution in [0.15, 0.2) is 18.2 Å². The molecule has 0 saturated carbocycles. The average Bonchev–Trinajstić information content (AvgIpc) is 3.02. The molecule has 0 spiro atoms. The summed E-state index contributed by atoms with van der Waals surface area (Å²) in [4.78, 5) is 24.7. The Morgan fingerprint density at radius 3 is 2.83 bits per heavy atom. The van der Waals surface area contributed by atoms with Crippen LogP contribution < -0.4 is 25.0 Å². The predicted octanol–water partition coefficient (Wildman–Crippen LogP) is 0.0233. The number of fused-ring (bicyclic) bond motifs is 1. The molecular weight excluding hydrogens is 310 g/mol. The predicted molar refractivity (Wildman–Crippen MR) is 87.3 cm³/mol. The highest BCUT2D eigenvalue weighted by Gasteiger charge is 2.32. The van der Waals surface area contributed by atoms with Gasteiger partial charge >= 0.3 is 6.03 Å². The van der Waals surface area contributed by atoms with Crippen LogP contribution in [-0.4, -0.2) is 44.8 Å². The fourth-order valence-electron chi connectivity index (χ4n) is 3.38. The van der Waals surface area contributed by atoms with Gasteiger partial charge in [0.05, 0.1) is 6.54 Å². The molecule has 1 fully saturated rings. The summed E-state index contributed by atoms with van der Waals surface area (Å²) in [5, 5.41) is 4.94. The Morgan fingerprint density at radius 2 is 2.04 bits per heavy atom. The van der Waals surface area contributed by atoms with Crippen LogP contribution in [0.25, 0.3) is 0 Å². The molecule has 2 aliphatic rings. The largest absolute Gasteiger partial charge is 0.486 e. The summed E-state index contributed by atoms with van der Waals surface area (Å²) in [6.07, 6.45) is 2.08. The molecule has 3 amide bonds. The number of nitrogens with one attached hydrogen (secondary N) is 3. The van der Waals surface area contributed by atoms with Crippen molar-refractivity contribution in [3.8, 4) is 11.5 Å². The minimum atomic E-state index is -0.433. The van der Waals surface area contributed by atoms with Crippen LogP contribution in [0.2, 0.25) is 0 Å². The Bertz CT molecular complexity index is 620. The van der Waals surface area contributed by atoms with Gasteiger partial charge in [0.1, 0.15) is 19.3 Å². The second-order valence-electron chi connectivity index (χ2n) is 6.09. The number of benzene rings is 1. The first-order valence-electron chi connectivity index (χ1n) is 8.49. The van der Waals surface area contributed by atoms with Crippen molar-refractivity contribution >= 4 is 11.9 Å². The van der Waals surface area contributed by atoms with Crippen molar-refractivity contribution < 1.29 is 24.0 Å². The van der Waals surface area contributed by atoms with Crippen LogP contribution in [0.5, 0.6) is 11.5 Å². The number of urea groups is 1. The van der Waals surface area contributed by atoms with Gasteiger partial charge in [0.2, 0.25) is 0 Å². The van der Waals surface area contributed by atoms with Gasteiger partial charge in [-0.05, 0) is 25.1 Å². The maximum Gasteiger partial charge on any atom is 0.321 e. The van der Waals surface area contributed by atoms with E-state index in [1.807, 2.05) is 25.1 Å². The molecule has 0 aromatic heterocycles. The van der Waals surface area contributed by atoms with Gasteiger partial charge in [-0.2, -0.15) is 0 Å². The van der Waals surface area contributed by atoms with Crippen LogP contribution in [-0.2, 0) is 4.79 Å². The second kappa shape index (κ2) is 7.53. The van der Waals surface area contributed by atoms with Crippen molar-refractivity contribution in [3.05, 3.63) is 23.8 Å². The Kier molecular flexibility index (Phi) is 5.20. The average molecular weight is 334 g/mol. The molecule has 3 N–H and O–H groups in total. The van der Waals surface area contributed by atoms with Gasteiger partial charge in [-0.25, -0.2) is 4.79 Å². The van der Waals surface area contributed by atoms with Gasteiger partial charge in [-0.1, -0.05) is 0 Å². The van der Waals surface area contributed by atoms with Crippen LogP contribution in [0.1, 0.15) is 31.4 Å². The highest BCUT2D eigenvalue weighted by molar-refractivity contribution is 5.94. The lowest BCUT2D eigenvalue weighted by Gasteiger charge is -2.23. The Morgan fingerprint density at radius 1 is 1.25 bits per heavy atom. The van der Waals surface area contributed by atoms with Crippen molar-refractivity contribution in [1.29, 1.82) is 0 Å². The molecule has 3 rings (SSSR count). The van der Waals surface area contributed by atoms with E-state index in [9.17, 15) is 9.59 Å². The van der Waals surface area contributed by atoms with E-state index >= 15 is 0 Å². The van der Waals surface area contributed by atoms with E-state index in [1.165, 1.54) is 4.90 Å². The summed E-state index contributed by atoms with van der Waals surface area (Å²) in [5.41, 5.74) is 1.15. The highest BCUT2D eigenvalue weighted by Crippen LogP contribution is 2.33. The summed E-state index contributed by atoms with van der Waals surface area (Å²) in [7, 11) is 0. The van der Waals surface area contributed by atoms with Gasteiger partial charge in [0.15, 0.2) is 18.0 Å². The monoisotopic (exact) mass is 334 g/mol. The summed E-state index contributed by atoms with van der Waals surface area (Å²) < 4.78 is 11.2. The molecular formula is C17H24N3O4+. The molecule has 24 heavy (non-hydrogen) atoms. The van der Waals surface area contributed by atoms with Crippen molar-refractivity contribution in [3.63, 3.8) is 0 Å². The lowest BCUT2D eigenvalue weighted by atomic mass is 10.0. The number of likely N-dealkylation sites (tertiary alicyclic amines) is 1. The van der Waals surface area contributed by atoms with E-state index in [4.69, 9.17) is 9.47 Å². The van der Waals surface area contributed by atoms with Crippen molar-refractivity contribution in [2.75, 3.05) is 32.8 Å². The van der Waals surface area contributed by atoms with E-state index in [0.29, 0.717) is 19.8 Å². The summed E-state index contributed by atoms with van der Waals surface area (Å²) >= 11 is 0. The number of carbonyl (C=O) groups is 2.